The van der Waals surface area contributed by atoms with E-state index in [1.54, 1.807) is 0 Å². The van der Waals surface area contributed by atoms with Crippen molar-refractivity contribution < 1.29 is 0 Å². The van der Waals surface area contributed by atoms with Crippen LogP contribution in [0.3, 0.4) is 0 Å². The molecule has 8 heteroatoms. The lowest BCUT2D eigenvalue weighted by Gasteiger charge is -2.39. The van der Waals surface area contributed by atoms with E-state index in [1.165, 1.54) is 70.2 Å². The Bertz CT molecular complexity index is 664. The third-order valence-corrected chi connectivity index (χ3v) is 6.63. The summed E-state index contributed by atoms with van der Waals surface area (Å²) in [4.78, 5) is 21.4. The average molecular weight is 385 g/mol. The molecule has 152 valence electrons. The van der Waals surface area contributed by atoms with Gasteiger partial charge in [0.05, 0.1) is 5.71 Å². The lowest BCUT2D eigenvalue weighted by Crippen LogP contribution is -2.48. The monoisotopic (exact) mass is 384 g/mol. The summed E-state index contributed by atoms with van der Waals surface area (Å²) in [6.07, 6.45) is 9.93. The molecule has 0 atom stereocenters. The minimum Gasteiger partial charge on any atom is -0.341 e. The fourth-order valence-electron chi connectivity index (χ4n) is 4.91. The normalized spacial score (nSPS) is 29.4. The van der Waals surface area contributed by atoms with Gasteiger partial charge in [0.15, 0.2) is 0 Å². The summed E-state index contributed by atoms with van der Waals surface area (Å²) in [6, 6.07) is 0. The number of hydrogen-bond donors (Lipinski definition) is 1. The van der Waals surface area contributed by atoms with Crippen LogP contribution in [0, 0.1) is 5.92 Å². The standard InChI is InChI=1S/C20H32N8/c1-3-9-27(10-4-1)19-21-18(22-20(23-19)28-11-5-2-6-12-28)25-24-17-15-26-13-7-16(17)8-14-26/h16H,1-15H2,(H,21,22,23,25)/b24-17+. The van der Waals surface area contributed by atoms with Gasteiger partial charge in [-0.1, -0.05) is 0 Å². The largest absolute Gasteiger partial charge is 0.341 e. The van der Waals surface area contributed by atoms with Crippen LogP contribution in [-0.2, 0) is 0 Å². The molecule has 28 heavy (non-hydrogen) atoms. The van der Waals surface area contributed by atoms with Crippen molar-refractivity contribution in [3.05, 3.63) is 0 Å². The predicted octanol–water partition coefficient (Wildman–Crippen LogP) is 2.35. The first-order chi connectivity index (χ1) is 13.8. The maximum absolute atomic E-state index is 4.85. The Morgan fingerprint density at radius 2 is 1.29 bits per heavy atom. The van der Waals surface area contributed by atoms with Crippen LogP contribution in [0.2, 0.25) is 0 Å². The van der Waals surface area contributed by atoms with Crippen molar-refractivity contribution in [3.8, 4) is 0 Å². The van der Waals surface area contributed by atoms with Gasteiger partial charge in [-0.3, -0.25) is 4.90 Å². The number of nitrogens with zero attached hydrogens (tertiary/aromatic N) is 7. The van der Waals surface area contributed by atoms with E-state index in [9.17, 15) is 0 Å². The molecule has 0 spiro atoms. The first-order valence-electron chi connectivity index (χ1n) is 11.2. The Labute approximate surface area is 167 Å². The van der Waals surface area contributed by atoms with Gasteiger partial charge in [-0.05, 0) is 64.5 Å². The van der Waals surface area contributed by atoms with Crippen molar-refractivity contribution >= 4 is 23.6 Å². The van der Waals surface area contributed by atoms with Gasteiger partial charge in [0.2, 0.25) is 17.8 Å². The summed E-state index contributed by atoms with van der Waals surface area (Å²) >= 11 is 0. The Morgan fingerprint density at radius 3 is 1.79 bits per heavy atom. The smallest absolute Gasteiger partial charge is 0.250 e. The van der Waals surface area contributed by atoms with Crippen LogP contribution < -0.4 is 15.2 Å². The zero-order chi connectivity index (χ0) is 18.8. The minimum absolute atomic E-state index is 0.597. The second-order valence-corrected chi connectivity index (χ2v) is 8.62. The first kappa shape index (κ1) is 18.1. The topological polar surface area (TPSA) is 72.8 Å². The van der Waals surface area contributed by atoms with E-state index < -0.39 is 0 Å². The second kappa shape index (κ2) is 8.19. The molecule has 2 bridgehead atoms. The SMILES string of the molecule is C1CCN(c2nc(N/N=C3\CN4CCC3CC4)nc(N3CCCCC3)n2)CC1. The summed E-state index contributed by atoms with van der Waals surface area (Å²) in [5.74, 6) is 2.85. The third-order valence-electron chi connectivity index (χ3n) is 6.63. The average Bonchev–Trinajstić information content (AvgIpc) is 2.79. The molecule has 1 aromatic heterocycles. The van der Waals surface area contributed by atoms with Crippen molar-refractivity contribution in [2.75, 3.05) is 61.0 Å². The molecule has 6 heterocycles. The second-order valence-electron chi connectivity index (χ2n) is 8.62. The molecule has 1 N–H and O–H groups in total. The van der Waals surface area contributed by atoms with E-state index in [1.807, 2.05) is 0 Å². The van der Waals surface area contributed by atoms with E-state index >= 15 is 0 Å². The van der Waals surface area contributed by atoms with Crippen LogP contribution in [0.15, 0.2) is 5.10 Å². The molecule has 5 fully saturated rings. The third kappa shape index (κ3) is 3.92. The van der Waals surface area contributed by atoms with Crippen molar-refractivity contribution in [1.82, 2.24) is 19.9 Å². The fourth-order valence-corrected chi connectivity index (χ4v) is 4.91. The van der Waals surface area contributed by atoms with E-state index in [0.29, 0.717) is 11.9 Å². The van der Waals surface area contributed by atoms with Crippen molar-refractivity contribution in [2.45, 2.75) is 51.4 Å². The van der Waals surface area contributed by atoms with E-state index in [2.05, 4.69) is 20.1 Å². The number of rotatable bonds is 4. The molecule has 6 rings (SSSR count). The molecule has 8 nitrogen and oxygen atoms in total. The Hall–Kier alpha value is -1.96. The Balaban J connectivity index is 1.39. The van der Waals surface area contributed by atoms with Crippen LogP contribution in [0.25, 0.3) is 0 Å². The highest BCUT2D eigenvalue weighted by atomic mass is 15.4. The highest BCUT2D eigenvalue weighted by Gasteiger charge is 2.31. The number of hydrogen-bond acceptors (Lipinski definition) is 8. The first-order valence-corrected chi connectivity index (χ1v) is 11.2. The zero-order valence-corrected chi connectivity index (χ0v) is 16.8. The van der Waals surface area contributed by atoms with Gasteiger partial charge in [-0.15, -0.1) is 0 Å². The molecule has 5 aliphatic heterocycles. The van der Waals surface area contributed by atoms with Crippen LogP contribution in [0.5, 0.6) is 0 Å². The summed E-state index contributed by atoms with van der Waals surface area (Å²) in [5, 5.41) is 4.74. The molecule has 0 radical (unpaired) electrons. The van der Waals surface area contributed by atoms with Gasteiger partial charge in [-0.2, -0.15) is 20.1 Å². The van der Waals surface area contributed by atoms with Crippen LogP contribution in [-0.4, -0.2) is 71.4 Å². The molecule has 1 aromatic rings. The van der Waals surface area contributed by atoms with E-state index in [4.69, 9.17) is 20.1 Å². The Morgan fingerprint density at radius 1 is 0.714 bits per heavy atom. The molecule has 0 saturated carbocycles. The quantitative estimate of drug-likeness (QED) is 0.799. The Kier molecular flexibility index (Phi) is 5.29. The molecule has 0 aliphatic carbocycles. The fraction of sp³-hybridized carbons (Fsp3) is 0.800. The summed E-state index contributed by atoms with van der Waals surface area (Å²) in [7, 11) is 0. The van der Waals surface area contributed by atoms with Gasteiger partial charge < -0.3 is 9.80 Å². The van der Waals surface area contributed by atoms with Gasteiger partial charge in [0, 0.05) is 38.6 Å². The minimum atomic E-state index is 0.597. The van der Waals surface area contributed by atoms with Crippen LogP contribution >= 0.6 is 0 Å². The van der Waals surface area contributed by atoms with E-state index in [-0.39, 0.29) is 0 Å². The number of anilines is 3. The lowest BCUT2D eigenvalue weighted by molar-refractivity contribution is 0.200. The number of aromatic nitrogens is 3. The van der Waals surface area contributed by atoms with Crippen molar-refractivity contribution in [1.29, 1.82) is 0 Å². The molecular formula is C20H32N8. The number of hydrazone groups is 1. The maximum Gasteiger partial charge on any atom is 0.250 e. The van der Waals surface area contributed by atoms with Gasteiger partial charge in [0.25, 0.3) is 0 Å². The summed E-state index contributed by atoms with van der Waals surface area (Å²) in [6.45, 7) is 7.56. The maximum atomic E-state index is 4.85. The number of fused-ring (bicyclic) bond motifs is 3. The number of piperidine rings is 5. The molecule has 5 aliphatic rings. The molecule has 0 aromatic carbocycles. The predicted molar refractivity (Wildman–Crippen MR) is 112 cm³/mol. The van der Waals surface area contributed by atoms with Crippen molar-refractivity contribution in [2.24, 2.45) is 11.0 Å². The van der Waals surface area contributed by atoms with Crippen LogP contribution in [0.4, 0.5) is 17.8 Å². The van der Waals surface area contributed by atoms with Gasteiger partial charge in [-0.25, -0.2) is 5.43 Å². The van der Waals surface area contributed by atoms with E-state index in [0.717, 1.165) is 44.6 Å². The summed E-state index contributed by atoms with van der Waals surface area (Å²) in [5.41, 5.74) is 4.47. The highest BCUT2D eigenvalue weighted by Crippen LogP contribution is 2.26. The van der Waals surface area contributed by atoms with Gasteiger partial charge >= 0.3 is 0 Å². The molecule has 0 unspecified atom stereocenters. The molecule has 0 amide bonds. The number of nitrogens with one attached hydrogen (secondary N) is 1. The van der Waals surface area contributed by atoms with Crippen molar-refractivity contribution in [3.63, 3.8) is 0 Å². The van der Waals surface area contributed by atoms with Gasteiger partial charge in [0.1, 0.15) is 0 Å². The zero-order valence-electron chi connectivity index (χ0n) is 16.8. The molecule has 5 saturated heterocycles. The lowest BCUT2D eigenvalue weighted by atomic mass is 9.87. The molecular weight excluding hydrogens is 352 g/mol. The summed E-state index contributed by atoms with van der Waals surface area (Å²) < 4.78 is 0. The highest BCUT2D eigenvalue weighted by molar-refractivity contribution is 5.90. The van der Waals surface area contributed by atoms with Crippen LogP contribution in [0.1, 0.15) is 51.4 Å².